The summed E-state index contributed by atoms with van der Waals surface area (Å²) in [6, 6.07) is 15.2. The minimum Gasteiger partial charge on any atom is -0.493 e. The predicted molar refractivity (Wildman–Crippen MR) is 105 cm³/mol. The lowest BCUT2D eigenvalue weighted by Crippen LogP contribution is -2.22. The topological polar surface area (TPSA) is 102 Å². The molecular weight excluding hydrogens is 360 g/mol. The zero-order chi connectivity index (χ0) is 19.7. The number of nitrogens with zero attached hydrogens (tertiary/aromatic N) is 2. The van der Waals surface area contributed by atoms with E-state index in [1.54, 1.807) is 30.9 Å². The van der Waals surface area contributed by atoms with Gasteiger partial charge in [-0.1, -0.05) is 30.3 Å². The second-order valence-electron chi connectivity index (χ2n) is 6.24. The van der Waals surface area contributed by atoms with E-state index in [1.807, 2.05) is 36.4 Å². The second kappa shape index (κ2) is 7.07. The summed E-state index contributed by atoms with van der Waals surface area (Å²) >= 11 is 0. The molecule has 0 bridgehead atoms. The molecule has 4 rings (SSSR count). The van der Waals surface area contributed by atoms with Gasteiger partial charge in [0, 0.05) is 12.6 Å². The molecule has 0 aliphatic heterocycles. The number of nitrogens with one attached hydrogen (secondary N) is 2. The fourth-order valence-corrected chi connectivity index (χ4v) is 3.07. The van der Waals surface area contributed by atoms with Crippen LogP contribution in [-0.4, -0.2) is 26.6 Å². The van der Waals surface area contributed by atoms with Crippen LogP contribution in [0.25, 0.3) is 22.6 Å². The van der Waals surface area contributed by atoms with Crippen LogP contribution in [0, 0.1) is 0 Å². The molecule has 28 heavy (non-hydrogen) atoms. The van der Waals surface area contributed by atoms with Crippen molar-refractivity contribution >= 4 is 11.2 Å². The van der Waals surface area contributed by atoms with E-state index >= 15 is 0 Å². The number of imidazole rings is 1. The molecular formula is C20H18N4O4. The van der Waals surface area contributed by atoms with Crippen LogP contribution in [0.15, 0.2) is 58.1 Å². The van der Waals surface area contributed by atoms with E-state index < -0.39 is 11.2 Å². The summed E-state index contributed by atoms with van der Waals surface area (Å²) in [5.41, 5.74) is 1.21. The van der Waals surface area contributed by atoms with Crippen molar-refractivity contribution in [2.24, 2.45) is 7.05 Å². The van der Waals surface area contributed by atoms with Gasteiger partial charge in [0.2, 0.25) is 0 Å². The third-order valence-corrected chi connectivity index (χ3v) is 4.43. The van der Waals surface area contributed by atoms with Gasteiger partial charge in [-0.15, -0.1) is 0 Å². The highest BCUT2D eigenvalue weighted by molar-refractivity contribution is 5.76. The quantitative estimate of drug-likeness (QED) is 0.554. The normalized spacial score (nSPS) is 10.9. The lowest BCUT2D eigenvalue weighted by atomic mass is 10.2. The molecule has 0 radical (unpaired) electrons. The molecule has 142 valence electrons. The van der Waals surface area contributed by atoms with Gasteiger partial charge >= 0.3 is 5.69 Å². The van der Waals surface area contributed by atoms with E-state index in [2.05, 4.69) is 15.0 Å². The number of aromatic nitrogens is 4. The number of methoxy groups -OCH3 is 1. The van der Waals surface area contributed by atoms with Gasteiger partial charge in [-0.3, -0.25) is 14.8 Å². The molecule has 0 saturated heterocycles. The molecule has 2 aromatic heterocycles. The van der Waals surface area contributed by atoms with Crippen LogP contribution >= 0.6 is 0 Å². The van der Waals surface area contributed by atoms with E-state index in [-0.39, 0.29) is 11.2 Å². The summed E-state index contributed by atoms with van der Waals surface area (Å²) in [5, 5.41) is 0. The molecule has 0 saturated carbocycles. The van der Waals surface area contributed by atoms with Crippen molar-refractivity contribution < 1.29 is 9.47 Å². The number of benzene rings is 2. The minimum atomic E-state index is -0.593. The molecule has 0 spiro atoms. The van der Waals surface area contributed by atoms with E-state index in [9.17, 15) is 9.59 Å². The number of aromatic amines is 2. The van der Waals surface area contributed by atoms with Gasteiger partial charge in [0.05, 0.1) is 7.11 Å². The Bertz CT molecular complexity index is 1250. The van der Waals surface area contributed by atoms with Gasteiger partial charge < -0.3 is 14.0 Å². The molecule has 0 fully saturated rings. The van der Waals surface area contributed by atoms with Gasteiger partial charge in [-0.2, -0.15) is 0 Å². The predicted octanol–water partition coefficient (Wildman–Crippen LogP) is 2.20. The van der Waals surface area contributed by atoms with E-state index in [0.717, 1.165) is 11.1 Å². The van der Waals surface area contributed by atoms with Crippen molar-refractivity contribution in [1.29, 1.82) is 0 Å². The molecule has 8 heteroatoms. The van der Waals surface area contributed by atoms with Crippen molar-refractivity contribution in [2.75, 3.05) is 7.11 Å². The van der Waals surface area contributed by atoms with E-state index in [0.29, 0.717) is 23.9 Å². The van der Waals surface area contributed by atoms with Gasteiger partial charge in [-0.25, -0.2) is 9.78 Å². The number of hydrogen-bond donors (Lipinski definition) is 2. The molecule has 2 N–H and O–H groups in total. The van der Waals surface area contributed by atoms with Gasteiger partial charge in [-0.05, 0) is 23.8 Å². The van der Waals surface area contributed by atoms with Crippen LogP contribution in [0.1, 0.15) is 5.56 Å². The summed E-state index contributed by atoms with van der Waals surface area (Å²) < 4.78 is 13.0. The van der Waals surface area contributed by atoms with Crippen LogP contribution in [0.4, 0.5) is 0 Å². The third kappa shape index (κ3) is 3.16. The molecule has 0 aliphatic carbocycles. The first-order valence-electron chi connectivity index (χ1n) is 8.61. The lowest BCUT2D eigenvalue weighted by Gasteiger charge is -2.12. The molecule has 2 aromatic carbocycles. The summed E-state index contributed by atoms with van der Waals surface area (Å²) in [5.74, 6) is 1.67. The van der Waals surface area contributed by atoms with Crippen LogP contribution < -0.4 is 20.7 Å². The van der Waals surface area contributed by atoms with Crippen LogP contribution in [-0.2, 0) is 13.7 Å². The molecule has 2 heterocycles. The Morgan fingerprint density at radius 2 is 1.82 bits per heavy atom. The maximum Gasteiger partial charge on any atom is 0.327 e. The van der Waals surface area contributed by atoms with Crippen molar-refractivity contribution in [3.05, 3.63) is 74.9 Å². The molecule has 0 unspecified atom stereocenters. The van der Waals surface area contributed by atoms with Crippen LogP contribution in [0.3, 0.4) is 0 Å². The fraction of sp³-hybridized carbons (Fsp3) is 0.150. The second-order valence-corrected chi connectivity index (χ2v) is 6.24. The number of rotatable bonds is 5. The highest BCUT2D eigenvalue weighted by atomic mass is 16.5. The fourth-order valence-electron chi connectivity index (χ4n) is 3.07. The monoisotopic (exact) mass is 378 g/mol. The average molecular weight is 378 g/mol. The molecule has 4 aromatic rings. The van der Waals surface area contributed by atoms with Gasteiger partial charge in [0.1, 0.15) is 12.4 Å². The Kier molecular flexibility index (Phi) is 4.44. The third-order valence-electron chi connectivity index (χ3n) is 4.43. The number of H-pyrrole nitrogens is 2. The maximum atomic E-state index is 12.1. The van der Waals surface area contributed by atoms with Gasteiger partial charge in [0.15, 0.2) is 22.7 Å². The maximum absolute atomic E-state index is 12.1. The highest BCUT2D eigenvalue weighted by Crippen LogP contribution is 2.33. The molecule has 0 aliphatic rings. The number of fused-ring (bicyclic) bond motifs is 1. The molecule has 8 nitrogen and oxygen atoms in total. The van der Waals surface area contributed by atoms with Crippen molar-refractivity contribution in [1.82, 2.24) is 19.5 Å². The Hall–Kier alpha value is -3.81. The molecule has 0 amide bonds. The van der Waals surface area contributed by atoms with Crippen LogP contribution in [0.2, 0.25) is 0 Å². The Labute approximate surface area is 159 Å². The Morgan fingerprint density at radius 1 is 1.04 bits per heavy atom. The standard InChI is InChI=1S/C20H18N4O4/c1-24-16-17(22-20(26)23-19(16)25)21-18(24)13-8-9-14(15(10-13)27-2)28-11-12-6-4-3-5-7-12/h3-10H,11H2,1-2H3,(H2,22,23,25,26). The number of aryl methyl sites for hydroxylation is 1. The summed E-state index contributed by atoms with van der Waals surface area (Å²) in [7, 11) is 3.27. The first kappa shape index (κ1) is 17.6. The first-order valence-corrected chi connectivity index (χ1v) is 8.61. The largest absolute Gasteiger partial charge is 0.493 e. The van der Waals surface area contributed by atoms with Crippen molar-refractivity contribution in [3.63, 3.8) is 0 Å². The highest BCUT2D eigenvalue weighted by Gasteiger charge is 2.16. The Balaban J connectivity index is 1.71. The lowest BCUT2D eigenvalue weighted by molar-refractivity contribution is 0.284. The molecule has 0 atom stereocenters. The smallest absolute Gasteiger partial charge is 0.327 e. The Morgan fingerprint density at radius 3 is 2.57 bits per heavy atom. The SMILES string of the molecule is COc1cc(-c2nc3[nH]c(=O)[nH]c(=O)c3n2C)ccc1OCc1ccccc1. The van der Waals surface area contributed by atoms with Gasteiger partial charge in [0.25, 0.3) is 5.56 Å². The summed E-state index contributed by atoms with van der Waals surface area (Å²) in [6.07, 6.45) is 0. The summed E-state index contributed by atoms with van der Waals surface area (Å²) in [4.78, 5) is 32.7. The average Bonchev–Trinajstić information content (AvgIpc) is 3.03. The zero-order valence-corrected chi connectivity index (χ0v) is 15.4. The van der Waals surface area contributed by atoms with Crippen molar-refractivity contribution in [2.45, 2.75) is 6.61 Å². The van der Waals surface area contributed by atoms with Crippen molar-refractivity contribution in [3.8, 4) is 22.9 Å². The van der Waals surface area contributed by atoms with E-state index in [1.165, 1.54) is 0 Å². The number of hydrogen-bond acceptors (Lipinski definition) is 5. The number of ether oxygens (including phenoxy) is 2. The zero-order valence-electron chi connectivity index (χ0n) is 15.4. The first-order chi connectivity index (χ1) is 13.6. The summed E-state index contributed by atoms with van der Waals surface area (Å²) in [6.45, 7) is 0.416. The van der Waals surface area contributed by atoms with E-state index in [4.69, 9.17) is 9.47 Å². The minimum absolute atomic E-state index is 0.231. The van der Waals surface area contributed by atoms with Crippen LogP contribution in [0.5, 0.6) is 11.5 Å².